The van der Waals surface area contributed by atoms with Gasteiger partial charge in [-0.1, -0.05) is 11.3 Å². The number of hydrogen-bond acceptors (Lipinski definition) is 5. The molecule has 2 aromatic rings. The third-order valence-electron chi connectivity index (χ3n) is 2.41. The zero-order valence-electron chi connectivity index (χ0n) is 9.85. The van der Waals surface area contributed by atoms with Gasteiger partial charge in [-0.2, -0.15) is 5.26 Å². The Kier molecular flexibility index (Phi) is 3.44. The summed E-state index contributed by atoms with van der Waals surface area (Å²) in [6.07, 6.45) is 1.50. The zero-order chi connectivity index (χ0) is 13.1. The number of ether oxygens (including phenoxy) is 1. The summed E-state index contributed by atoms with van der Waals surface area (Å²) in [5.41, 5.74) is 0.645. The highest BCUT2D eigenvalue weighted by Gasteiger charge is 2.11. The lowest BCUT2D eigenvalue weighted by molar-refractivity contribution is 0.386. The Balaban J connectivity index is 2.31. The lowest BCUT2D eigenvalue weighted by Crippen LogP contribution is -2.09. The van der Waals surface area contributed by atoms with Gasteiger partial charge in [-0.05, 0) is 12.1 Å². The van der Waals surface area contributed by atoms with E-state index in [0.29, 0.717) is 15.7 Å². The molecule has 0 fully saturated rings. The molecule has 18 heavy (non-hydrogen) atoms. The molecule has 0 radical (unpaired) electrons. The molecule has 2 rings (SSSR count). The van der Waals surface area contributed by atoms with E-state index in [2.05, 4.69) is 4.98 Å². The van der Waals surface area contributed by atoms with Gasteiger partial charge in [0.25, 0.3) is 0 Å². The maximum atomic E-state index is 13.6. The lowest BCUT2D eigenvalue weighted by atomic mass is 10.3. The standard InChI is InChI=1S/C12H10FN3OS/c1-16(12-15-7-9(6-14)18-12)8-3-4-11(17-2)10(13)5-8/h3-5,7H,1-2H3. The number of hydrogen-bond donors (Lipinski definition) is 0. The minimum Gasteiger partial charge on any atom is -0.494 e. The third-order valence-corrected chi connectivity index (χ3v) is 3.39. The Morgan fingerprint density at radius 1 is 1.50 bits per heavy atom. The highest BCUT2D eigenvalue weighted by atomic mass is 32.1. The molecule has 92 valence electrons. The van der Waals surface area contributed by atoms with Crippen LogP contribution in [0.15, 0.2) is 24.4 Å². The van der Waals surface area contributed by atoms with Crippen LogP contribution in [0.5, 0.6) is 5.75 Å². The minimum atomic E-state index is -0.432. The summed E-state index contributed by atoms with van der Waals surface area (Å²) < 4.78 is 18.4. The Labute approximate surface area is 108 Å². The number of benzene rings is 1. The van der Waals surface area contributed by atoms with E-state index in [9.17, 15) is 4.39 Å². The summed E-state index contributed by atoms with van der Waals surface area (Å²) in [4.78, 5) is 6.34. The van der Waals surface area contributed by atoms with Gasteiger partial charge in [0.2, 0.25) is 0 Å². The first-order chi connectivity index (χ1) is 8.65. The highest BCUT2D eigenvalue weighted by Crippen LogP contribution is 2.30. The van der Waals surface area contributed by atoms with E-state index in [4.69, 9.17) is 10.00 Å². The molecule has 0 atom stereocenters. The maximum absolute atomic E-state index is 13.6. The van der Waals surface area contributed by atoms with Gasteiger partial charge in [-0.25, -0.2) is 9.37 Å². The molecular weight excluding hydrogens is 253 g/mol. The normalized spacial score (nSPS) is 9.89. The third kappa shape index (κ3) is 2.26. The van der Waals surface area contributed by atoms with Crippen LogP contribution in [0.25, 0.3) is 0 Å². The van der Waals surface area contributed by atoms with Crippen LogP contribution in [0.1, 0.15) is 4.88 Å². The average Bonchev–Trinajstić information content (AvgIpc) is 2.86. The van der Waals surface area contributed by atoms with Crippen LogP contribution in [0.2, 0.25) is 0 Å². The van der Waals surface area contributed by atoms with E-state index < -0.39 is 5.82 Å². The summed E-state index contributed by atoms with van der Waals surface area (Å²) in [6, 6.07) is 6.67. The van der Waals surface area contributed by atoms with Gasteiger partial charge in [-0.15, -0.1) is 0 Å². The smallest absolute Gasteiger partial charge is 0.190 e. The van der Waals surface area contributed by atoms with E-state index in [-0.39, 0.29) is 5.75 Å². The summed E-state index contributed by atoms with van der Waals surface area (Å²) in [5, 5.41) is 9.38. The van der Waals surface area contributed by atoms with Gasteiger partial charge >= 0.3 is 0 Å². The highest BCUT2D eigenvalue weighted by molar-refractivity contribution is 7.16. The van der Waals surface area contributed by atoms with Crippen molar-refractivity contribution in [3.63, 3.8) is 0 Å². The summed E-state index contributed by atoms with van der Waals surface area (Å²) in [5.74, 6) is -0.233. The minimum absolute atomic E-state index is 0.198. The molecule has 1 heterocycles. The van der Waals surface area contributed by atoms with Crippen molar-refractivity contribution in [2.24, 2.45) is 0 Å². The number of nitrogens with zero attached hydrogens (tertiary/aromatic N) is 3. The number of nitriles is 1. The van der Waals surface area contributed by atoms with Gasteiger partial charge in [0, 0.05) is 18.8 Å². The number of rotatable bonds is 3. The predicted molar refractivity (Wildman–Crippen MR) is 67.8 cm³/mol. The van der Waals surface area contributed by atoms with Crippen molar-refractivity contribution in [3.05, 3.63) is 35.1 Å². The topological polar surface area (TPSA) is 49.1 Å². The van der Waals surface area contributed by atoms with Crippen molar-refractivity contribution in [1.29, 1.82) is 5.26 Å². The van der Waals surface area contributed by atoms with Crippen molar-refractivity contribution >= 4 is 22.2 Å². The summed E-state index contributed by atoms with van der Waals surface area (Å²) in [6.45, 7) is 0. The van der Waals surface area contributed by atoms with Crippen LogP contribution in [-0.2, 0) is 0 Å². The molecule has 0 aliphatic rings. The molecule has 0 unspecified atom stereocenters. The largest absolute Gasteiger partial charge is 0.494 e. The van der Waals surface area contributed by atoms with Crippen molar-refractivity contribution in [1.82, 2.24) is 4.98 Å². The number of anilines is 2. The van der Waals surface area contributed by atoms with Crippen molar-refractivity contribution < 1.29 is 9.13 Å². The van der Waals surface area contributed by atoms with Crippen LogP contribution >= 0.6 is 11.3 Å². The fourth-order valence-electron chi connectivity index (χ4n) is 1.45. The van der Waals surface area contributed by atoms with E-state index in [1.165, 1.54) is 30.7 Å². The molecule has 0 saturated heterocycles. The number of methoxy groups -OCH3 is 1. The fraction of sp³-hybridized carbons (Fsp3) is 0.167. The van der Waals surface area contributed by atoms with E-state index in [1.807, 2.05) is 6.07 Å². The second-order valence-corrected chi connectivity index (χ2v) is 4.51. The van der Waals surface area contributed by atoms with Crippen LogP contribution in [0, 0.1) is 17.1 Å². The number of thiazole rings is 1. The van der Waals surface area contributed by atoms with Gasteiger partial charge in [0.15, 0.2) is 16.7 Å². The lowest BCUT2D eigenvalue weighted by Gasteiger charge is -2.16. The van der Waals surface area contributed by atoms with Crippen LogP contribution in [0.3, 0.4) is 0 Å². The van der Waals surface area contributed by atoms with Gasteiger partial charge < -0.3 is 9.64 Å². The van der Waals surface area contributed by atoms with Crippen LogP contribution in [-0.4, -0.2) is 19.1 Å². The van der Waals surface area contributed by atoms with Gasteiger partial charge in [0.05, 0.1) is 13.3 Å². The number of aromatic nitrogens is 1. The molecule has 0 N–H and O–H groups in total. The molecule has 0 aliphatic carbocycles. The SMILES string of the molecule is COc1ccc(N(C)c2ncc(C#N)s2)cc1F. The zero-order valence-corrected chi connectivity index (χ0v) is 10.7. The molecule has 0 amide bonds. The monoisotopic (exact) mass is 263 g/mol. The molecule has 0 saturated carbocycles. The molecule has 0 aliphatic heterocycles. The first-order valence-corrected chi connectivity index (χ1v) is 5.90. The van der Waals surface area contributed by atoms with Crippen molar-refractivity contribution in [3.8, 4) is 11.8 Å². The van der Waals surface area contributed by atoms with Crippen molar-refractivity contribution in [2.75, 3.05) is 19.1 Å². The fourth-order valence-corrected chi connectivity index (χ4v) is 2.14. The van der Waals surface area contributed by atoms with E-state index in [0.717, 1.165) is 0 Å². The molecule has 4 nitrogen and oxygen atoms in total. The maximum Gasteiger partial charge on any atom is 0.190 e. The van der Waals surface area contributed by atoms with Crippen LogP contribution < -0.4 is 9.64 Å². The molecular formula is C12H10FN3OS. The molecule has 0 spiro atoms. The Morgan fingerprint density at radius 3 is 2.83 bits per heavy atom. The summed E-state index contributed by atoms with van der Waals surface area (Å²) >= 11 is 1.25. The average molecular weight is 263 g/mol. The first-order valence-electron chi connectivity index (χ1n) is 5.09. The molecule has 6 heteroatoms. The second-order valence-electron chi connectivity index (χ2n) is 3.50. The van der Waals surface area contributed by atoms with Crippen LogP contribution in [0.4, 0.5) is 15.2 Å². The predicted octanol–water partition coefficient (Wildman–Crippen LogP) is 2.93. The summed E-state index contributed by atoms with van der Waals surface area (Å²) in [7, 11) is 3.18. The Hall–Kier alpha value is -2.13. The molecule has 0 bridgehead atoms. The number of halogens is 1. The Bertz CT molecular complexity index is 606. The molecule has 1 aromatic heterocycles. The first kappa shape index (κ1) is 12.3. The molecule has 1 aromatic carbocycles. The van der Waals surface area contributed by atoms with E-state index >= 15 is 0 Å². The quantitative estimate of drug-likeness (QED) is 0.854. The van der Waals surface area contributed by atoms with E-state index in [1.54, 1.807) is 24.1 Å². The van der Waals surface area contributed by atoms with Crippen molar-refractivity contribution in [2.45, 2.75) is 0 Å². The van der Waals surface area contributed by atoms with Gasteiger partial charge in [0.1, 0.15) is 10.9 Å². The Morgan fingerprint density at radius 2 is 2.28 bits per heavy atom. The second kappa shape index (κ2) is 5.02. The van der Waals surface area contributed by atoms with Gasteiger partial charge in [-0.3, -0.25) is 0 Å².